The van der Waals surface area contributed by atoms with E-state index in [9.17, 15) is 4.79 Å². The summed E-state index contributed by atoms with van der Waals surface area (Å²) in [6, 6.07) is 7.19. The summed E-state index contributed by atoms with van der Waals surface area (Å²) in [5.41, 5.74) is 2.73. The average Bonchev–Trinajstić information content (AvgIpc) is 3.44. The van der Waals surface area contributed by atoms with Crippen LogP contribution in [0.3, 0.4) is 0 Å². The molecular formula is C22H25ClN10O. The van der Waals surface area contributed by atoms with Crippen LogP contribution >= 0.6 is 11.6 Å². The van der Waals surface area contributed by atoms with Gasteiger partial charge >= 0.3 is 0 Å². The highest BCUT2D eigenvalue weighted by Gasteiger charge is 2.45. The van der Waals surface area contributed by atoms with Gasteiger partial charge in [0.2, 0.25) is 5.91 Å². The van der Waals surface area contributed by atoms with E-state index in [2.05, 4.69) is 48.0 Å². The number of amides is 1. The minimum atomic E-state index is -0.201. The van der Waals surface area contributed by atoms with Crippen molar-refractivity contribution in [3.63, 3.8) is 0 Å². The zero-order valence-corrected chi connectivity index (χ0v) is 19.6. The van der Waals surface area contributed by atoms with Crippen molar-refractivity contribution in [1.29, 1.82) is 0 Å². The van der Waals surface area contributed by atoms with Gasteiger partial charge in [0.15, 0.2) is 0 Å². The van der Waals surface area contributed by atoms with E-state index in [1.807, 2.05) is 37.3 Å². The number of benzene rings is 1. The molecule has 12 heteroatoms. The Morgan fingerprint density at radius 3 is 2.85 bits per heavy atom. The normalized spacial score (nSPS) is 17.1. The van der Waals surface area contributed by atoms with Crippen molar-refractivity contribution in [2.45, 2.75) is 12.3 Å². The maximum atomic E-state index is 12.9. The van der Waals surface area contributed by atoms with E-state index >= 15 is 0 Å². The predicted molar refractivity (Wildman–Crippen MR) is 129 cm³/mol. The van der Waals surface area contributed by atoms with Gasteiger partial charge in [-0.3, -0.25) is 4.79 Å². The number of hydrogen-bond acceptors (Lipinski definition) is 9. The van der Waals surface area contributed by atoms with Crippen molar-refractivity contribution in [2.24, 2.45) is 5.92 Å². The van der Waals surface area contributed by atoms with Crippen LogP contribution in [0.5, 0.6) is 0 Å². The van der Waals surface area contributed by atoms with Crippen LogP contribution < -0.4 is 16.0 Å². The molecule has 1 aromatic carbocycles. The largest absolute Gasteiger partial charge is 0.378 e. The highest BCUT2D eigenvalue weighted by Crippen LogP contribution is 2.50. The average molecular weight is 481 g/mol. The first-order valence-electron chi connectivity index (χ1n) is 10.6. The fourth-order valence-electron chi connectivity index (χ4n) is 3.55. The van der Waals surface area contributed by atoms with Crippen LogP contribution in [-0.2, 0) is 4.79 Å². The molecule has 0 bridgehead atoms. The Balaban J connectivity index is 1.40. The minimum absolute atomic E-state index is 0.0162. The maximum Gasteiger partial charge on any atom is 0.229 e. The molecule has 0 aliphatic heterocycles. The molecule has 1 fully saturated rings. The Bertz CT molecular complexity index is 1190. The SMILES string of the molecule is C=CN/C=C(/CNc1cc(NC(=O)[C@H]2C[C@@H]2c2cc(Cl)ccc2-n2cnnn2)ncn1)N(C)C. The summed E-state index contributed by atoms with van der Waals surface area (Å²) < 4.78 is 1.57. The molecule has 0 radical (unpaired) electrons. The molecule has 2 atom stereocenters. The zero-order valence-electron chi connectivity index (χ0n) is 18.8. The second kappa shape index (κ2) is 10.3. The first-order valence-corrected chi connectivity index (χ1v) is 11.0. The van der Waals surface area contributed by atoms with E-state index in [0.29, 0.717) is 29.6 Å². The Labute approximate surface area is 201 Å². The van der Waals surface area contributed by atoms with Gasteiger partial charge in [0.05, 0.1) is 12.2 Å². The van der Waals surface area contributed by atoms with Gasteiger partial charge in [-0.25, -0.2) is 14.6 Å². The molecule has 0 unspecified atom stereocenters. The predicted octanol–water partition coefficient (Wildman–Crippen LogP) is 2.40. The number of rotatable bonds is 10. The van der Waals surface area contributed by atoms with E-state index in [4.69, 9.17) is 11.6 Å². The Kier molecular flexibility index (Phi) is 7.02. The Morgan fingerprint density at radius 1 is 1.29 bits per heavy atom. The summed E-state index contributed by atoms with van der Waals surface area (Å²) in [4.78, 5) is 23.3. The fourth-order valence-corrected chi connectivity index (χ4v) is 3.73. The smallest absolute Gasteiger partial charge is 0.229 e. The number of nitrogens with one attached hydrogen (secondary N) is 3. The molecule has 34 heavy (non-hydrogen) atoms. The van der Waals surface area contributed by atoms with Gasteiger partial charge in [-0.2, -0.15) is 0 Å². The molecule has 1 saturated carbocycles. The standard InChI is InChI=1S/C22H25ClN10O/c1-4-24-10-15(32(2)3)11-25-20-9-21(27-12-26-20)29-22(34)18-8-16(18)17-7-14(23)5-6-19(17)33-13-28-30-31-33/h4-7,9-10,12-13,16,18,24H,1,8,11H2,2-3H3,(H2,25,26,27,29,34)/b15-10-/t16-,18+/m1/s1. The van der Waals surface area contributed by atoms with Crippen LogP contribution in [0.2, 0.25) is 5.02 Å². The number of aromatic nitrogens is 6. The molecule has 3 N–H and O–H groups in total. The molecule has 4 rings (SSSR count). The highest BCUT2D eigenvalue weighted by atomic mass is 35.5. The summed E-state index contributed by atoms with van der Waals surface area (Å²) in [5, 5.41) is 21.0. The number of hydrogen-bond donors (Lipinski definition) is 3. The summed E-state index contributed by atoms with van der Waals surface area (Å²) >= 11 is 6.22. The summed E-state index contributed by atoms with van der Waals surface area (Å²) in [6.07, 6.45) is 7.07. The number of carbonyl (C=O) groups is 1. The van der Waals surface area contributed by atoms with Crippen LogP contribution in [0.15, 0.2) is 61.6 Å². The quantitative estimate of drug-likeness (QED) is 0.401. The lowest BCUT2D eigenvalue weighted by molar-refractivity contribution is -0.117. The third-order valence-corrected chi connectivity index (χ3v) is 5.66. The number of tetrazole rings is 1. The number of likely N-dealkylation sites (N-methyl/N-ethyl adjacent to an activating group) is 1. The van der Waals surface area contributed by atoms with Gasteiger partial charge in [-0.1, -0.05) is 18.2 Å². The van der Waals surface area contributed by atoms with E-state index in [-0.39, 0.29) is 17.7 Å². The summed E-state index contributed by atoms with van der Waals surface area (Å²) in [7, 11) is 3.89. The summed E-state index contributed by atoms with van der Waals surface area (Å²) in [6.45, 7) is 4.17. The Hall–Kier alpha value is -3.99. The maximum absolute atomic E-state index is 12.9. The molecule has 2 heterocycles. The number of carbonyl (C=O) groups excluding carboxylic acids is 1. The minimum Gasteiger partial charge on any atom is -0.378 e. The number of nitrogens with zero attached hydrogens (tertiary/aromatic N) is 7. The van der Waals surface area contributed by atoms with Crippen LogP contribution in [-0.4, -0.2) is 61.6 Å². The molecule has 11 nitrogen and oxygen atoms in total. The molecule has 0 saturated heterocycles. The van der Waals surface area contributed by atoms with Gasteiger partial charge in [-0.15, -0.1) is 5.10 Å². The molecule has 1 aliphatic carbocycles. The van der Waals surface area contributed by atoms with Gasteiger partial charge in [0.25, 0.3) is 0 Å². The molecule has 1 aliphatic rings. The van der Waals surface area contributed by atoms with Crippen molar-refractivity contribution in [1.82, 2.24) is 40.4 Å². The monoisotopic (exact) mass is 480 g/mol. The van der Waals surface area contributed by atoms with Crippen molar-refractivity contribution in [3.05, 3.63) is 72.2 Å². The lowest BCUT2D eigenvalue weighted by Crippen LogP contribution is -2.21. The summed E-state index contributed by atoms with van der Waals surface area (Å²) in [5.74, 6) is 0.733. The van der Waals surface area contributed by atoms with E-state index in [0.717, 1.165) is 16.9 Å². The van der Waals surface area contributed by atoms with Crippen LogP contribution in [0.1, 0.15) is 17.9 Å². The third kappa shape index (κ3) is 5.49. The van der Waals surface area contributed by atoms with Crippen molar-refractivity contribution in [2.75, 3.05) is 31.3 Å². The molecule has 1 amide bonds. The fraction of sp³-hybridized carbons (Fsp3) is 0.273. The van der Waals surface area contributed by atoms with Crippen molar-refractivity contribution < 1.29 is 4.79 Å². The highest BCUT2D eigenvalue weighted by molar-refractivity contribution is 6.30. The van der Waals surface area contributed by atoms with Gasteiger partial charge in [0, 0.05) is 43.0 Å². The van der Waals surface area contributed by atoms with Crippen LogP contribution in [0.25, 0.3) is 5.69 Å². The van der Waals surface area contributed by atoms with E-state index in [1.165, 1.54) is 12.7 Å². The first kappa shape index (κ1) is 23.2. The molecule has 0 spiro atoms. The van der Waals surface area contributed by atoms with Crippen molar-refractivity contribution >= 4 is 29.1 Å². The Morgan fingerprint density at radius 2 is 2.12 bits per heavy atom. The topological polar surface area (TPSA) is 126 Å². The first-order chi connectivity index (χ1) is 16.5. The molecular weight excluding hydrogens is 456 g/mol. The van der Waals surface area contributed by atoms with Crippen molar-refractivity contribution in [3.8, 4) is 5.69 Å². The lowest BCUT2D eigenvalue weighted by Gasteiger charge is -2.18. The second-order valence-corrected chi connectivity index (χ2v) is 8.37. The van der Waals surface area contributed by atoms with Crippen LogP contribution in [0, 0.1) is 5.92 Å². The van der Waals surface area contributed by atoms with Crippen LogP contribution in [0.4, 0.5) is 11.6 Å². The third-order valence-electron chi connectivity index (χ3n) is 5.42. The number of halogens is 1. The van der Waals surface area contributed by atoms with Gasteiger partial charge in [0.1, 0.15) is 24.3 Å². The number of anilines is 2. The van der Waals surface area contributed by atoms with Gasteiger partial charge in [-0.05, 0) is 52.7 Å². The molecule has 3 aromatic rings. The zero-order chi connectivity index (χ0) is 24.1. The lowest BCUT2D eigenvalue weighted by atomic mass is 10.1. The van der Waals surface area contributed by atoms with Gasteiger partial charge < -0.3 is 20.9 Å². The second-order valence-electron chi connectivity index (χ2n) is 7.94. The van der Waals surface area contributed by atoms with E-state index in [1.54, 1.807) is 23.0 Å². The molecule has 176 valence electrons. The van der Waals surface area contributed by atoms with E-state index < -0.39 is 0 Å². The molecule has 2 aromatic heterocycles.